The number of hydrogen-bond acceptors (Lipinski definition) is 30. The number of nitrogen functional groups attached to an aromatic ring is 1. The topological polar surface area (TPSA) is 553 Å². The van der Waals surface area contributed by atoms with E-state index >= 15 is 0 Å². The number of ether oxygens (including phenoxy) is 3. The number of carboxylic acid groups (broad SMARTS) is 9. The van der Waals surface area contributed by atoms with Crippen molar-refractivity contribution in [2.45, 2.75) is 84.8 Å². The number of halogens is 4. The van der Waals surface area contributed by atoms with Crippen LogP contribution < -0.4 is 70.6 Å². The Morgan fingerprint density at radius 1 is 0.520 bits per heavy atom. The summed E-state index contributed by atoms with van der Waals surface area (Å²) in [6.45, 7) is 3.61. The van der Waals surface area contributed by atoms with E-state index in [0.29, 0.717) is 96.0 Å². The first kappa shape index (κ1) is 98.1. The Labute approximate surface area is 748 Å². The summed E-state index contributed by atoms with van der Waals surface area (Å²) in [6, 6.07) is 50.1. The monoisotopic (exact) mass is 1870 g/mol. The van der Waals surface area contributed by atoms with Crippen molar-refractivity contribution in [3.63, 3.8) is 0 Å². The van der Waals surface area contributed by atoms with Gasteiger partial charge in [-0.05, 0) is 212 Å². The number of aryl methyl sites for hydroxylation is 3. The third-order valence-corrected chi connectivity index (χ3v) is 21.1. The van der Waals surface area contributed by atoms with Crippen molar-refractivity contribution in [2.24, 2.45) is 0 Å². The van der Waals surface area contributed by atoms with Gasteiger partial charge < -0.3 is 118 Å². The molecule has 6 heterocycles. The number of anilines is 2. The number of fused-ring (bicyclic) bond motifs is 2. The number of carbonyl (C=O) groups excluding carboxylic acids is 9. The molecule has 0 bridgehead atoms. The molecule has 0 unspecified atom stereocenters. The fourth-order valence-electron chi connectivity index (χ4n) is 12.3. The fourth-order valence-corrected chi connectivity index (χ4v) is 14.2. The zero-order valence-corrected chi connectivity index (χ0v) is 72.5. The molecule has 0 fully saturated rings. The van der Waals surface area contributed by atoms with Gasteiger partial charge in [-0.25, -0.2) is 18.4 Å². The van der Waals surface area contributed by atoms with E-state index < -0.39 is 81.4 Å². The molecule has 34 nitrogen and oxygen atoms in total. The van der Waals surface area contributed by atoms with E-state index in [1.807, 2.05) is 85.1 Å². The molecular weight excluding hydrogens is 1800 g/mol. The number of pyridine rings is 3. The number of hydrogen-bond donors (Lipinski definition) is 2. The molecule has 13 aromatic rings. The van der Waals surface area contributed by atoms with Crippen molar-refractivity contribution in [1.29, 1.82) is 0 Å². The summed E-state index contributed by atoms with van der Waals surface area (Å²) in [5.74, 6) is -10.2. The second-order valence-corrected chi connectivity index (χ2v) is 31.1. The van der Waals surface area contributed by atoms with Gasteiger partial charge in [-0.2, -0.15) is 4.80 Å². The molecule has 0 saturated heterocycles. The van der Waals surface area contributed by atoms with E-state index in [2.05, 4.69) is 51.0 Å². The number of rotatable bonds is 31. The third-order valence-electron chi connectivity index (χ3n) is 18.3. The van der Waals surface area contributed by atoms with Gasteiger partial charge >= 0.3 is 0 Å². The summed E-state index contributed by atoms with van der Waals surface area (Å²) < 4.78 is 45.7. The number of carbonyl (C=O) groups is 9. The maximum atomic E-state index is 11.7. The Bertz CT molecular complexity index is 6120. The summed E-state index contributed by atoms with van der Waals surface area (Å²) in [5, 5.41) is 111. The number of benzene rings is 7. The predicted octanol–water partition coefficient (Wildman–Crippen LogP) is 4.57. The Balaban J connectivity index is 0.000000189. The first-order valence-corrected chi connectivity index (χ1v) is 41.4. The fraction of sp³-hybridized carbons (Fsp3) is 0.193. The number of aromatic nitrogens is 9. The highest BCUT2D eigenvalue weighted by atomic mass is 79.9. The van der Waals surface area contributed by atoms with Gasteiger partial charge in [0.25, 0.3) is 0 Å². The van der Waals surface area contributed by atoms with Crippen LogP contribution in [-0.2, 0) is 66.5 Å². The van der Waals surface area contributed by atoms with Crippen LogP contribution in [0, 0.1) is 6.92 Å². The molecule has 0 aliphatic heterocycles. The van der Waals surface area contributed by atoms with Crippen molar-refractivity contribution in [1.82, 2.24) is 44.3 Å². The van der Waals surface area contributed by atoms with Gasteiger partial charge in [0, 0.05) is 154 Å². The van der Waals surface area contributed by atoms with Crippen molar-refractivity contribution in [3.8, 4) is 73.7 Å². The molecular formula is C88H74BrCl3N11O23S-9. The smallest absolute Gasteiger partial charge is 0.232 e. The molecule has 0 amide bonds. The minimum Gasteiger partial charge on any atom is -0.550 e. The summed E-state index contributed by atoms with van der Waals surface area (Å²) in [5.41, 5.74) is 15.4. The molecule has 39 heteroatoms. The van der Waals surface area contributed by atoms with Crippen molar-refractivity contribution < 1.29 is 112 Å². The number of tetrazole rings is 1. The van der Waals surface area contributed by atoms with Gasteiger partial charge in [0.1, 0.15) is 6.54 Å². The molecule has 0 aliphatic rings. The normalized spacial score (nSPS) is 10.7. The Morgan fingerprint density at radius 2 is 1.05 bits per heavy atom. The highest BCUT2D eigenvalue weighted by Crippen LogP contribution is 2.41. The van der Waals surface area contributed by atoms with E-state index in [0.717, 1.165) is 78.1 Å². The molecule has 0 spiro atoms. The van der Waals surface area contributed by atoms with E-state index in [9.17, 15) is 97.5 Å². The number of carboxylic acids is 9. The maximum absolute atomic E-state index is 11.7. The van der Waals surface area contributed by atoms with Gasteiger partial charge in [0.05, 0.1) is 79.4 Å². The Kier molecular flexibility index (Phi) is 35.9. The number of nitrogens with two attached hydrogens (primary N) is 1. The molecule has 0 aliphatic carbocycles. The van der Waals surface area contributed by atoms with Crippen LogP contribution in [0.1, 0.15) is 104 Å². The van der Waals surface area contributed by atoms with Crippen LogP contribution >= 0.6 is 50.7 Å². The lowest BCUT2D eigenvalue weighted by atomic mass is 10.0. The standard InChI is InChI=1S/C16H16BrNO4.2C16H11ClN2O2.C16H16ClNO4.C12H14N4O5.C12H15NO6S/c17-12-3-1-11(2-4-12)14-7-5-13(6-8-15(19)20)18(14)10-9-16(21)22;1-9-13(17)5-4-11-12(16(20)21)7-14(19-15(9)11)10-3-2-6-18-8-10;17-10-4-5-14-12(7-10)13(16(20)21)8-15(19-14)9-2-1-3-11(18)6-9;17-12-3-1-11(2-4-12)14-7-5-13(6-8-15(19)20)18(14)10-9-16(21)22;1-19-8-4-7(5-9(20-2)11(8)21-3)12-13-15-16(14-12)6-10(17)18;1-2-3-4-20(18,19)13-10-6-8(11(14)15)5-9(7-10)12(16)17/h1-5,7H,6,8-10H2,(H,19,20)(H,21,22);2-8H,1H3,(H,20,21);1-8H,18H2,(H,20,21);1-5,7H,6,8-10H2,(H,19,20)(H,21,22);4-5H,6H2,1-3H3,(H,17,18);5-7,13H,2-4H2,1H3,(H,14,15)(H,16,17)/p-9. The lowest BCUT2D eigenvalue weighted by molar-refractivity contribution is -0.308. The van der Waals surface area contributed by atoms with Gasteiger partial charge in [0.2, 0.25) is 21.6 Å². The molecule has 6 aromatic heterocycles. The number of sulfonamides is 1. The van der Waals surface area contributed by atoms with Crippen LogP contribution in [0.5, 0.6) is 17.2 Å². The van der Waals surface area contributed by atoms with Crippen molar-refractivity contribution in [3.05, 3.63) is 253 Å². The lowest BCUT2D eigenvalue weighted by Gasteiger charge is -2.14. The largest absolute Gasteiger partial charge is 0.550 e. The highest BCUT2D eigenvalue weighted by molar-refractivity contribution is 9.10. The maximum Gasteiger partial charge on any atom is 0.232 e. The summed E-state index contributed by atoms with van der Waals surface area (Å²) in [6.07, 6.45) is 4.47. The number of aromatic carboxylic acids is 4. The second-order valence-electron chi connectivity index (χ2n) is 27.1. The zero-order chi connectivity index (χ0) is 92.9. The van der Waals surface area contributed by atoms with Crippen LogP contribution in [-0.4, -0.2) is 134 Å². The van der Waals surface area contributed by atoms with E-state index in [1.165, 1.54) is 33.5 Å². The molecule has 0 radical (unpaired) electrons. The quantitative estimate of drug-likeness (QED) is 0.0562. The first-order chi connectivity index (χ1) is 60.4. The highest BCUT2D eigenvalue weighted by Gasteiger charge is 2.20. The summed E-state index contributed by atoms with van der Waals surface area (Å²) in [4.78, 5) is 111. The van der Waals surface area contributed by atoms with Gasteiger partial charge in [-0.15, -0.1) is 10.2 Å². The van der Waals surface area contributed by atoms with Crippen LogP contribution in [0.3, 0.4) is 0 Å². The predicted molar refractivity (Wildman–Crippen MR) is 454 cm³/mol. The van der Waals surface area contributed by atoms with Gasteiger partial charge in [-0.3, -0.25) is 9.71 Å². The number of methoxy groups -OCH3 is 3. The Hall–Kier alpha value is -14.3. The SMILES string of the molecule is CCCCS(=O)(=O)Nc1cc(C(=O)[O-])cc(C(=O)[O-])c1.COc1cc(-c2nnn(CC(=O)[O-])n2)cc(OC)c1OC.Cc1c(Cl)ccc2c(C(=O)[O-])cc(-c3cccnc3)nc12.Nc1cccc(-c2cc(C(=O)[O-])c3cc(Cl)ccc3n2)c1.O=C([O-])CCc1ccc(-c2ccc(Br)cc2)n1CCC(=O)[O-].O=C([O-])CCc1ccc(-c2ccc(Cl)cc2)n1CCC(=O)[O-]. The minimum absolute atomic E-state index is 0.0555. The van der Waals surface area contributed by atoms with E-state index in [1.54, 1.807) is 102 Å². The molecule has 13 rings (SSSR count). The molecule has 7 aromatic carbocycles. The van der Waals surface area contributed by atoms with E-state index in [4.69, 9.17) is 54.7 Å². The third kappa shape index (κ3) is 28.6. The zero-order valence-electron chi connectivity index (χ0n) is 67.9. The average Bonchev–Trinajstić information content (AvgIpc) is 1.13. The number of nitrogens with zero attached hydrogens (tertiary/aromatic N) is 9. The lowest BCUT2D eigenvalue weighted by Crippen LogP contribution is -2.28. The number of nitrogens with one attached hydrogen (secondary N) is 1. The Morgan fingerprint density at radius 3 is 1.54 bits per heavy atom. The number of aliphatic carboxylic acids is 5. The molecule has 662 valence electrons. The van der Waals surface area contributed by atoms with Crippen LogP contribution in [0.4, 0.5) is 11.4 Å². The molecule has 0 atom stereocenters. The molecule has 127 heavy (non-hydrogen) atoms. The van der Waals surface area contributed by atoms with Crippen LogP contribution in [0.15, 0.2) is 199 Å². The van der Waals surface area contributed by atoms with E-state index in [-0.39, 0.29) is 73.6 Å². The van der Waals surface area contributed by atoms with Gasteiger partial charge in [-0.1, -0.05) is 107 Å². The minimum atomic E-state index is -3.66. The van der Waals surface area contributed by atoms with Crippen LogP contribution in [0.2, 0.25) is 15.1 Å². The van der Waals surface area contributed by atoms with Gasteiger partial charge in [0.15, 0.2) is 11.5 Å². The molecule has 0 saturated carbocycles. The second kappa shape index (κ2) is 46.4. The first-order valence-electron chi connectivity index (χ1n) is 37.8. The molecule has 3 N–H and O–H groups in total. The number of unbranched alkanes of at least 4 members (excludes halogenated alkanes) is 1. The average molecular weight is 1870 g/mol. The summed E-state index contributed by atoms with van der Waals surface area (Å²) >= 11 is 21.3. The van der Waals surface area contributed by atoms with Crippen molar-refractivity contribution in [2.75, 3.05) is 37.5 Å². The van der Waals surface area contributed by atoms with Crippen molar-refractivity contribution >= 4 is 148 Å². The summed E-state index contributed by atoms with van der Waals surface area (Å²) in [7, 11) is 0.811. The van der Waals surface area contributed by atoms with Crippen LogP contribution in [0.25, 0.3) is 78.2 Å².